The average Bonchev–Trinajstić information content (AvgIpc) is 2.71. The van der Waals surface area contributed by atoms with E-state index in [1.165, 1.54) is 11.4 Å². The van der Waals surface area contributed by atoms with Gasteiger partial charge in [0.2, 0.25) is 10.0 Å². The summed E-state index contributed by atoms with van der Waals surface area (Å²) in [6.45, 7) is 2.66. The van der Waals surface area contributed by atoms with Gasteiger partial charge in [-0.15, -0.1) is 11.6 Å². The number of rotatable bonds is 4. The van der Waals surface area contributed by atoms with Gasteiger partial charge in [-0.05, 0) is 37.7 Å². The number of ether oxygens (including phenoxy) is 1. The molecule has 21 heavy (non-hydrogen) atoms. The van der Waals surface area contributed by atoms with E-state index < -0.39 is 10.0 Å². The molecule has 1 aliphatic rings. The third-order valence-corrected chi connectivity index (χ3v) is 5.91. The molecule has 0 saturated carbocycles. The van der Waals surface area contributed by atoms with Crippen LogP contribution >= 0.6 is 11.6 Å². The Morgan fingerprint density at radius 2 is 2.00 bits per heavy atom. The average molecular weight is 333 g/mol. The first-order valence-corrected chi connectivity index (χ1v) is 8.88. The van der Waals surface area contributed by atoms with E-state index in [1.807, 2.05) is 7.05 Å². The van der Waals surface area contributed by atoms with E-state index in [2.05, 4.69) is 4.90 Å². The van der Waals surface area contributed by atoms with Crippen molar-refractivity contribution in [1.29, 1.82) is 0 Å². The molecule has 0 aliphatic carbocycles. The summed E-state index contributed by atoms with van der Waals surface area (Å²) in [4.78, 5) is 2.34. The molecule has 0 unspecified atom stereocenters. The molecule has 0 spiro atoms. The number of alkyl halides is 1. The maximum atomic E-state index is 12.9. The van der Waals surface area contributed by atoms with Gasteiger partial charge in [-0.25, -0.2) is 8.42 Å². The molecule has 1 aromatic carbocycles. The Morgan fingerprint density at radius 3 is 2.67 bits per heavy atom. The lowest BCUT2D eigenvalue weighted by Crippen LogP contribution is -2.34. The first-order chi connectivity index (χ1) is 9.98. The number of methoxy groups -OCH3 is 1. The molecule has 0 aromatic heterocycles. The van der Waals surface area contributed by atoms with Gasteiger partial charge in [-0.3, -0.25) is 0 Å². The predicted molar refractivity (Wildman–Crippen MR) is 83.4 cm³/mol. The van der Waals surface area contributed by atoms with Crippen LogP contribution < -0.4 is 4.74 Å². The molecule has 0 N–H and O–H groups in total. The second-order valence-corrected chi connectivity index (χ2v) is 7.35. The van der Waals surface area contributed by atoms with Gasteiger partial charge < -0.3 is 9.64 Å². The smallest absolute Gasteiger partial charge is 0.246 e. The minimum Gasteiger partial charge on any atom is -0.495 e. The monoisotopic (exact) mass is 332 g/mol. The summed E-state index contributed by atoms with van der Waals surface area (Å²) in [5, 5.41) is 0. The zero-order valence-electron chi connectivity index (χ0n) is 12.4. The number of benzene rings is 1. The van der Waals surface area contributed by atoms with E-state index in [9.17, 15) is 8.42 Å². The lowest BCUT2D eigenvalue weighted by Gasteiger charge is -2.21. The van der Waals surface area contributed by atoms with E-state index in [0.29, 0.717) is 18.8 Å². The minimum atomic E-state index is -3.56. The van der Waals surface area contributed by atoms with E-state index in [-0.39, 0.29) is 10.8 Å². The molecule has 1 fully saturated rings. The third-order valence-electron chi connectivity index (χ3n) is 3.68. The molecule has 0 atom stereocenters. The lowest BCUT2D eigenvalue weighted by atomic mass is 10.2. The van der Waals surface area contributed by atoms with Crippen molar-refractivity contribution in [3.8, 4) is 5.75 Å². The molecule has 7 heteroatoms. The van der Waals surface area contributed by atoms with Crippen molar-refractivity contribution in [2.45, 2.75) is 17.2 Å². The highest BCUT2D eigenvalue weighted by Gasteiger charge is 2.29. The molecule has 118 valence electrons. The summed E-state index contributed by atoms with van der Waals surface area (Å²) in [5.74, 6) is 0.636. The van der Waals surface area contributed by atoms with Crippen LogP contribution in [0.1, 0.15) is 12.0 Å². The van der Waals surface area contributed by atoms with E-state index in [4.69, 9.17) is 16.3 Å². The molecule has 5 nitrogen and oxygen atoms in total. The first-order valence-electron chi connectivity index (χ1n) is 6.90. The standard InChI is InChI=1S/C14H21ClN2O3S/c1-16-6-3-7-17(9-8-16)21(18,19)14-10-12(11-15)4-5-13(14)20-2/h4-5,10H,3,6-9,11H2,1-2H3. The van der Waals surface area contributed by atoms with Gasteiger partial charge in [0, 0.05) is 25.5 Å². The van der Waals surface area contributed by atoms with Crippen LogP contribution in [0, 0.1) is 0 Å². The maximum Gasteiger partial charge on any atom is 0.246 e. The molecular formula is C14H21ClN2O3S. The fraction of sp³-hybridized carbons (Fsp3) is 0.571. The van der Waals surface area contributed by atoms with Crippen LogP contribution in [0.3, 0.4) is 0 Å². The van der Waals surface area contributed by atoms with Gasteiger partial charge in [0.15, 0.2) is 0 Å². The molecule has 1 aliphatic heterocycles. The van der Waals surface area contributed by atoms with Crippen molar-refractivity contribution in [1.82, 2.24) is 9.21 Å². The van der Waals surface area contributed by atoms with Crippen molar-refractivity contribution in [3.05, 3.63) is 23.8 Å². The fourth-order valence-electron chi connectivity index (χ4n) is 2.41. The summed E-state index contributed by atoms with van der Waals surface area (Å²) in [5.41, 5.74) is 0.767. The molecule has 2 rings (SSSR count). The maximum absolute atomic E-state index is 12.9. The van der Waals surface area contributed by atoms with Crippen LogP contribution in [-0.4, -0.2) is 58.0 Å². The molecule has 0 radical (unpaired) electrons. The van der Waals surface area contributed by atoms with Gasteiger partial charge in [-0.2, -0.15) is 4.31 Å². The summed E-state index contributed by atoms with van der Waals surface area (Å²) in [6.07, 6.45) is 0.827. The number of hydrogen-bond acceptors (Lipinski definition) is 4. The highest BCUT2D eigenvalue weighted by Crippen LogP contribution is 2.29. The Bertz CT molecular complexity index is 592. The second-order valence-electron chi connectivity index (χ2n) is 5.18. The third kappa shape index (κ3) is 3.69. The van der Waals surface area contributed by atoms with Gasteiger partial charge >= 0.3 is 0 Å². The van der Waals surface area contributed by atoms with Crippen molar-refractivity contribution in [2.75, 3.05) is 40.3 Å². The van der Waals surface area contributed by atoms with Gasteiger partial charge in [0.05, 0.1) is 7.11 Å². The van der Waals surface area contributed by atoms with Crippen LogP contribution in [0.5, 0.6) is 5.75 Å². The summed E-state index contributed by atoms with van der Waals surface area (Å²) in [7, 11) is -0.0792. The van der Waals surface area contributed by atoms with Crippen molar-refractivity contribution in [3.63, 3.8) is 0 Å². The van der Waals surface area contributed by atoms with Crippen LogP contribution in [0.4, 0.5) is 0 Å². The Labute approximate surface area is 131 Å². The minimum absolute atomic E-state index is 0.202. The Morgan fingerprint density at radius 1 is 1.24 bits per heavy atom. The van der Waals surface area contributed by atoms with Crippen LogP contribution in [-0.2, 0) is 15.9 Å². The quantitative estimate of drug-likeness (QED) is 0.788. The lowest BCUT2D eigenvalue weighted by molar-refractivity contribution is 0.346. The molecule has 1 heterocycles. The number of sulfonamides is 1. The number of nitrogens with zero attached hydrogens (tertiary/aromatic N) is 2. The first kappa shape index (κ1) is 16.5. The number of halogens is 1. The molecule has 1 saturated heterocycles. The SMILES string of the molecule is COc1ccc(CCl)cc1S(=O)(=O)N1CCCN(C)CC1. The molecule has 0 bridgehead atoms. The van der Waals surface area contributed by atoms with E-state index >= 15 is 0 Å². The zero-order chi connectivity index (χ0) is 15.5. The Hall–Kier alpha value is -0.820. The van der Waals surface area contributed by atoms with Crippen molar-refractivity contribution < 1.29 is 13.2 Å². The van der Waals surface area contributed by atoms with E-state index in [1.54, 1.807) is 18.2 Å². The topological polar surface area (TPSA) is 49.9 Å². The summed E-state index contributed by atoms with van der Waals surface area (Å²) in [6, 6.07) is 5.05. The van der Waals surface area contributed by atoms with Crippen LogP contribution in [0.25, 0.3) is 0 Å². The summed E-state index contributed by atoms with van der Waals surface area (Å²) >= 11 is 5.82. The molecule has 1 aromatic rings. The normalized spacial score (nSPS) is 18.4. The van der Waals surface area contributed by atoms with Crippen LogP contribution in [0.2, 0.25) is 0 Å². The largest absolute Gasteiger partial charge is 0.495 e. The van der Waals surface area contributed by atoms with Crippen molar-refractivity contribution in [2.24, 2.45) is 0 Å². The Kier molecular flexibility index (Phi) is 5.48. The van der Waals surface area contributed by atoms with E-state index in [0.717, 1.165) is 25.1 Å². The van der Waals surface area contributed by atoms with Crippen molar-refractivity contribution >= 4 is 21.6 Å². The number of hydrogen-bond donors (Lipinski definition) is 0. The second kappa shape index (κ2) is 6.96. The fourth-order valence-corrected chi connectivity index (χ4v) is 4.25. The van der Waals surface area contributed by atoms with Gasteiger partial charge in [0.1, 0.15) is 10.6 Å². The van der Waals surface area contributed by atoms with Crippen LogP contribution in [0.15, 0.2) is 23.1 Å². The zero-order valence-corrected chi connectivity index (χ0v) is 14.0. The predicted octanol–water partition coefficient (Wildman–Crippen LogP) is 1.76. The van der Waals surface area contributed by atoms with Gasteiger partial charge in [0.25, 0.3) is 0 Å². The number of likely N-dealkylation sites (N-methyl/N-ethyl adjacent to an activating group) is 1. The molecule has 0 amide bonds. The highest BCUT2D eigenvalue weighted by molar-refractivity contribution is 7.89. The highest BCUT2D eigenvalue weighted by atomic mass is 35.5. The van der Waals surface area contributed by atoms with Gasteiger partial charge in [-0.1, -0.05) is 6.07 Å². The summed E-state index contributed by atoms with van der Waals surface area (Å²) < 4.78 is 32.5. The Balaban J connectivity index is 2.38. The molecular weight excluding hydrogens is 312 g/mol.